The minimum absolute atomic E-state index is 0.373. The van der Waals surface area contributed by atoms with Gasteiger partial charge in [0, 0.05) is 15.8 Å². The summed E-state index contributed by atoms with van der Waals surface area (Å²) in [5.41, 5.74) is 7.67. The molecule has 1 heterocycles. The molecule has 108 valence electrons. The van der Waals surface area contributed by atoms with E-state index in [-0.39, 0.29) is 0 Å². The van der Waals surface area contributed by atoms with Crippen LogP contribution in [0.2, 0.25) is 0 Å². The molecule has 0 amide bonds. The van der Waals surface area contributed by atoms with Crippen LogP contribution in [-0.2, 0) is 13.2 Å². The van der Waals surface area contributed by atoms with Crippen molar-refractivity contribution < 1.29 is 9.15 Å². The van der Waals surface area contributed by atoms with Crippen LogP contribution in [0.5, 0.6) is 5.75 Å². The summed E-state index contributed by atoms with van der Waals surface area (Å²) in [6.07, 6.45) is 2.04. The Balaban J connectivity index is 1.91. The van der Waals surface area contributed by atoms with Gasteiger partial charge in [-0.25, -0.2) is 0 Å². The molecule has 0 radical (unpaired) electrons. The minimum Gasteiger partial charge on any atom is -0.488 e. The zero-order chi connectivity index (χ0) is 14.7. The van der Waals surface area contributed by atoms with Crippen LogP contribution in [0.3, 0.4) is 0 Å². The Bertz CT molecular complexity index is 751. The Hall–Kier alpha value is -1.91. The molecule has 0 aliphatic rings. The van der Waals surface area contributed by atoms with Gasteiger partial charge < -0.3 is 14.9 Å². The molecule has 0 unspecified atom stereocenters. The lowest BCUT2D eigenvalue weighted by atomic mass is 10.1. The van der Waals surface area contributed by atoms with Gasteiger partial charge in [-0.2, -0.15) is 0 Å². The minimum atomic E-state index is 0.373. The zero-order valence-electron chi connectivity index (χ0n) is 11.8. The first-order chi connectivity index (χ1) is 10.3. The predicted molar refractivity (Wildman–Crippen MR) is 86.7 cm³/mol. The maximum Gasteiger partial charge on any atom is 0.134 e. The molecule has 0 atom stereocenters. The quantitative estimate of drug-likeness (QED) is 0.718. The van der Waals surface area contributed by atoms with E-state index in [2.05, 4.69) is 6.07 Å². The van der Waals surface area contributed by atoms with Crippen molar-refractivity contribution in [2.45, 2.75) is 18.0 Å². The number of hydrogen-bond donors (Lipinski definition) is 1. The Morgan fingerprint density at radius 2 is 1.86 bits per heavy atom. The second-order valence-corrected chi connectivity index (χ2v) is 5.49. The van der Waals surface area contributed by atoms with Crippen molar-refractivity contribution in [2.75, 3.05) is 6.26 Å². The first-order valence-corrected chi connectivity index (χ1v) is 8.01. The number of rotatable bonds is 5. The van der Waals surface area contributed by atoms with Gasteiger partial charge in [0.2, 0.25) is 0 Å². The van der Waals surface area contributed by atoms with E-state index >= 15 is 0 Å². The van der Waals surface area contributed by atoms with Crippen LogP contribution in [0.25, 0.3) is 11.0 Å². The SMILES string of the molecule is CSc1ccccc1OCc1c(CN)oc2ccccc12. The van der Waals surface area contributed by atoms with Gasteiger partial charge in [0.05, 0.1) is 6.54 Å². The first kappa shape index (κ1) is 14.0. The average molecular weight is 299 g/mol. The second kappa shape index (κ2) is 6.24. The molecule has 4 heteroatoms. The maximum absolute atomic E-state index is 5.99. The highest BCUT2D eigenvalue weighted by Gasteiger charge is 2.13. The molecule has 2 aromatic carbocycles. The van der Waals surface area contributed by atoms with Crippen LogP contribution < -0.4 is 10.5 Å². The topological polar surface area (TPSA) is 48.4 Å². The van der Waals surface area contributed by atoms with Gasteiger partial charge in [0.1, 0.15) is 23.7 Å². The van der Waals surface area contributed by atoms with Crippen molar-refractivity contribution in [3.05, 3.63) is 59.9 Å². The monoisotopic (exact) mass is 299 g/mol. The summed E-state index contributed by atoms with van der Waals surface area (Å²) < 4.78 is 11.8. The molecule has 0 aliphatic carbocycles. The molecule has 0 spiro atoms. The Labute approximate surface area is 128 Å². The van der Waals surface area contributed by atoms with Crippen LogP contribution in [0.15, 0.2) is 57.8 Å². The highest BCUT2D eigenvalue weighted by atomic mass is 32.2. The number of para-hydroxylation sites is 2. The summed E-state index contributed by atoms with van der Waals surface area (Å²) in [5, 5.41) is 1.07. The Kier molecular flexibility index (Phi) is 4.18. The number of nitrogens with two attached hydrogens (primary N) is 1. The highest BCUT2D eigenvalue weighted by Crippen LogP contribution is 2.30. The zero-order valence-corrected chi connectivity index (χ0v) is 12.7. The van der Waals surface area contributed by atoms with Crippen LogP contribution in [-0.4, -0.2) is 6.26 Å². The van der Waals surface area contributed by atoms with E-state index < -0.39 is 0 Å². The molecule has 3 rings (SSSR count). The number of furan rings is 1. The molecule has 3 nitrogen and oxygen atoms in total. The van der Waals surface area contributed by atoms with E-state index in [0.29, 0.717) is 13.2 Å². The predicted octanol–water partition coefficient (Wildman–Crippen LogP) is 4.19. The summed E-state index contributed by atoms with van der Waals surface area (Å²) in [6, 6.07) is 16.0. The van der Waals surface area contributed by atoms with E-state index in [1.807, 2.05) is 48.7 Å². The molecule has 0 aliphatic heterocycles. The van der Waals surface area contributed by atoms with Gasteiger partial charge in [-0.05, 0) is 24.5 Å². The maximum atomic E-state index is 5.99. The van der Waals surface area contributed by atoms with Crippen LogP contribution in [0.4, 0.5) is 0 Å². The fraction of sp³-hybridized carbons (Fsp3) is 0.176. The number of fused-ring (bicyclic) bond motifs is 1. The third-order valence-corrected chi connectivity index (χ3v) is 4.19. The van der Waals surface area contributed by atoms with Gasteiger partial charge in [0.15, 0.2) is 0 Å². The normalized spacial score (nSPS) is 11.0. The van der Waals surface area contributed by atoms with Crippen molar-refractivity contribution in [2.24, 2.45) is 5.73 Å². The number of thioether (sulfide) groups is 1. The fourth-order valence-corrected chi connectivity index (χ4v) is 2.90. The van der Waals surface area contributed by atoms with Gasteiger partial charge in [-0.3, -0.25) is 0 Å². The van der Waals surface area contributed by atoms with Crippen molar-refractivity contribution in [1.29, 1.82) is 0 Å². The molecule has 0 bridgehead atoms. The van der Waals surface area contributed by atoms with Gasteiger partial charge in [0.25, 0.3) is 0 Å². The van der Waals surface area contributed by atoms with Crippen LogP contribution >= 0.6 is 11.8 Å². The molecule has 2 N–H and O–H groups in total. The summed E-state index contributed by atoms with van der Waals surface area (Å²) in [6.45, 7) is 0.832. The molecular weight excluding hydrogens is 282 g/mol. The number of ether oxygens (including phenoxy) is 1. The lowest BCUT2D eigenvalue weighted by Crippen LogP contribution is -2.02. The smallest absolute Gasteiger partial charge is 0.134 e. The first-order valence-electron chi connectivity index (χ1n) is 6.78. The molecule has 0 fully saturated rings. The summed E-state index contributed by atoms with van der Waals surface area (Å²) in [4.78, 5) is 1.12. The Morgan fingerprint density at radius 3 is 2.67 bits per heavy atom. The van der Waals surface area contributed by atoms with Crippen LogP contribution in [0, 0.1) is 0 Å². The van der Waals surface area contributed by atoms with E-state index in [1.54, 1.807) is 11.8 Å². The second-order valence-electron chi connectivity index (χ2n) is 4.64. The third-order valence-electron chi connectivity index (χ3n) is 3.41. The number of hydrogen-bond acceptors (Lipinski definition) is 4. The summed E-state index contributed by atoms with van der Waals surface area (Å²) in [7, 11) is 0. The molecule has 3 aromatic rings. The summed E-state index contributed by atoms with van der Waals surface area (Å²) in [5.74, 6) is 1.68. The van der Waals surface area contributed by atoms with E-state index in [0.717, 1.165) is 32.9 Å². The molecule has 0 saturated heterocycles. The Morgan fingerprint density at radius 1 is 1.10 bits per heavy atom. The van der Waals surface area contributed by atoms with Crippen molar-refractivity contribution in [1.82, 2.24) is 0 Å². The van der Waals surface area contributed by atoms with Crippen LogP contribution in [0.1, 0.15) is 11.3 Å². The standard InChI is InChI=1S/C17H17NO2S/c1-21-17-9-5-4-8-15(17)19-11-13-12-6-2-3-7-14(12)20-16(13)10-18/h2-9H,10-11,18H2,1H3. The molecule has 21 heavy (non-hydrogen) atoms. The molecule has 1 aromatic heterocycles. The fourth-order valence-electron chi connectivity index (χ4n) is 2.36. The van der Waals surface area contributed by atoms with Crippen molar-refractivity contribution in [3.8, 4) is 5.75 Å². The largest absolute Gasteiger partial charge is 0.488 e. The average Bonchev–Trinajstić information content (AvgIpc) is 2.91. The van der Waals surface area contributed by atoms with Crippen molar-refractivity contribution in [3.63, 3.8) is 0 Å². The van der Waals surface area contributed by atoms with Gasteiger partial charge >= 0.3 is 0 Å². The van der Waals surface area contributed by atoms with E-state index in [4.69, 9.17) is 14.9 Å². The van der Waals surface area contributed by atoms with E-state index in [1.165, 1.54) is 0 Å². The molecular formula is C17H17NO2S. The van der Waals surface area contributed by atoms with Gasteiger partial charge in [-0.1, -0.05) is 30.3 Å². The van der Waals surface area contributed by atoms with Crippen molar-refractivity contribution >= 4 is 22.7 Å². The third kappa shape index (κ3) is 2.77. The lowest BCUT2D eigenvalue weighted by molar-refractivity contribution is 0.296. The lowest BCUT2D eigenvalue weighted by Gasteiger charge is -2.09. The number of benzene rings is 2. The van der Waals surface area contributed by atoms with E-state index in [9.17, 15) is 0 Å². The highest BCUT2D eigenvalue weighted by molar-refractivity contribution is 7.98. The molecule has 0 saturated carbocycles. The van der Waals surface area contributed by atoms with Gasteiger partial charge in [-0.15, -0.1) is 11.8 Å². The summed E-state index contributed by atoms with van der Waals surface area (Å²) >= 11 is 1.67.